The highest BCUT2D eigenvalue weighted by atomic mass is 79.9. The van der Waals surface area contributed by atoms with E-state index in [9.17, 15) is 9.90 Å². The molecule has 120 valence electrons. The molecule has 2 rings (SSSR count). The van der Waals surface area contributed by atoms with E-state index in [2.05, 4.69) is 42.4 Å². The minimum atomic E-state index is -0.704. The molecular formula is C16H14Br2N2O3. The van der Waals surface area contributed by atoms with Gasteiger partial charge in [0.15, 0.2) is 6.10 Å². The molecule has 0 aliphatic carbocycles. The Hall–Kier alpha value is -1.86. The number of phenols is 1. The molecule has 2 N–H and O–H groups in total. The lowest BCUT2D eigenvalue weighted by atomic mass is 10.2. The predicted molar refractivity (Wildman–Crippen MR) is 95.8 cm³/mol. The van der Waals surface area contributed by atoms with E-state index in [4.69, 9.17) is 4.74 Å². The van der Waals surface area contributed by atoms with Gasteiger partial charge in [-0.15, -0.1) is 0 Å². The molecule has 0 aliphatic rings. The van der Waals surface area contributed by atoms with E-state index in [0.717, 1.165) is 8.95 Å². The zero-order chi connectivity index (χ0) is 16.8. The van der Waals surface area contributed by atoms with Crippen molar-refractivity contribution in [3.8, 4) is 11.5 Å². The first-order valence-corrected chi connectivity index (χ1v) is 8.28. The maximum atomic E-state index is 11.9. The van der Waals surface area contributed by atoms with Gasteiger partial charge in [0.1, 0.15) is 11.5 Å². The Morgan fingerprint density at radius 1 is 1.22 bits per heavy atom. The van der Waals surface area contributed by atoms with Crippen LogP contribution in [-0.2, 0) is 4.79 Å². The molecule has 1 amide bonds. The summed E-state index contributed by atoms with van der Waals surface area (Å²) in [5, 5.41) is 13.5. The van der Waals surface area contributed by atoms with Gasteiger partial charge in [-0.1, -0.05) is 31.9 Å². The van der Waals surface area contributed by atoms with Crippen molar-refractivity contribution in [2.45, 2.75) is 13.0 Å². The molecule has 0 aromatic heterocycles. The summed E-state index contributed by atoms with van der Waals surface area (Å²) >= 11 is 6.63. The van der Waals surface area contributed by atoms with Gasteiger partial charge in [0.2, 0.25) is 0 Å². The van der Waals surface area contributed by atoms with E-state index in [-0.39, 0.29) is 5.75 Å². The molecule has 0 fully saturated rings. The standard InChI is InChI=1S/C16H14Br2N2O3/c1-10(23-14-5-2-12(17)3-6-14)16(22)20-19-9-11-8-13(18)4-7-15(11)21/h2-10,21H,1H3,(H,20,22)/b19-9+. The smallest absolute Gasteiger partial charge is 0.280 e. The predicted octanol–water partition coefficient (Wildman–Crippen LogP) is 3.83. The van der Waals surface area contributed by atoms with Crippen molar-refractivity contribution in [2.75, 3.05) is 0 Å². The van der Waals surface area contributed by atoms with Crippen molar-refractivity contribution in [1.29, 1.82) is 0 Å². The fourth-order valence-corrected chi connectivity index (χ4v) is 2.30. The second-order valence-electron chi connectivity index (χ2n) is 4.65. The zero-order valence-corrected chi connectivity index (χ0v) is 15.3. The minimum absolute atomic E-state index is 0.0744. The zero-order valence-electron chi connectivity index (χ0n) is 12.2. The topological polar surface area (TPSA) is 70.9 Å². The van der Waals surface area contributed by atoms with Gasteiger partial charge < -0.3 is 9.84 Å². The van der Waals surface area contributed by atoms with E-state index < -0.39 is 12.0 Å². The van der Waals surface area contributed by atoms with Gasteiger partial charge in [0.25, 0.3) is 5.91 Å². The summed E-state index contributed by atoms with van der Waals surface area (Å²) in [6.45, 7) is 1.63. The lowest BCUT2D eigenvalue weighted by Gasteiger charge is -2.12. The van der Waals surface area contributed by atoms with Crippen molar-refractivity contribution < 1.29 is 14.6 Å². The van der Waals surface area contributed by atoms with Crippen LogP contribution in [0.1, 0.15) is 12.5 Å². The van der Waals surface area contributed by atoms with Gasteiger partial charge in [-0.25, -0.2) is 5.43 Å². The first-order chi connectivity index (χ1) is 11.0. The van der Waals surface area contributed by atoms with E-state index in [1.165, 1.54) is 12.3 Å². The van der Waals surface area contributed by atoms with Crippen LogP contribution in [0.3, 0.4) is 0 Å². The molecule has 23 heavy (non-hydrogen) atoms. The molecule has 0 saturated carbocycles. The van der Waals surface area contributed by atoms with Crippen molar-refractivity contribution in [3.05, 3.63) is 57.0 Å². The monoisotopic (exact) mass is 440 g/mol. The largest absolute Gasteiger partial charge is 0.507 e. The van der Waals surface area contributed by atoms with Crippen molar-refractivity contribution >= 4 is 44.0 Å². The quantitative estimate of drug-likeness (QED) is 0.547. The normalized spacial score (nSPS) is 12.1. The number of benzene rings is 2. The summed E-state index contributed by atoms with van der Waals surface area (Å²) < 4.78 is 7.24. The van der Waals surface area contributed by atoms with E-state index in [1.54, 1.807) is 31.2 Å². The van der Waals surface area contributed by atoms with Gasteiger partial charge in [-0.3, -0.25) is 4.79 Å². The number of ether oxygens (including phenoxy) is 1. The number of phenolic OH excluding ortho intramolecular Hbond substituents is 1. The fourth-order valence-electron chi connectivity index (χ4n) is 1.66. The van der Waals surface area contributed by atoms with Crippen LogP contribution in [0.5, 0.6) is 11.5 Å². The third-order valence-electron chi connectivity index (χ3n) is 2.86. The highest BCUT2D eigenvalue weighted by Gasteiger charge is 2.13. The number of carbonyl (C=O) groups excluding carboxylic acids is 1. The Morgan fingerprint density at radius 3 is 2.57 bits per heavy atom. The average Bonchev–Trinajstić information content (AvgIpc) is 2.52. The number of amides is 1. The number of rotatable bonds is 5. The molecule has 0 saturated heterocycles. The Labute approximate surface area is 150 Å². The van der Waals surface area contributed by atoms with Crippen LogP contribution < -0.4 is 10.2 Å². The highest BCUT2D eigenvalue weighted by Crippen LogP contribution is 2.20. The number of carbonyl (C=O) groups is 1. The molecule has 1 atom stereocenters. The molecule has 7 heteroatoms. The molecule has 2 aromatic rings. The van der Waals surface area contributed by atoms with Crippen LogP contribution in [0.25, 0.3) is 0 Å². The van der Waals surface area contributed by atoms with Gasteiger partial charge in [-0.2, -0.15) is 5.10 Å². The third kappa shape index (κ3) is 5.37. The molecule has 2 aromatic carbocycles. The number of hydrogen-bond acceptors (Lipinski definition) is 4. The average molecular weight is 442 g/mol. The molecule has 0 bridgehead atoms. The van der Waals surface area contributed by atoms with Crippen molar-refractivity contribution in [1.82, 2.24) is 5.43 Å². The lowest BCUT2D eigenvalue weighted by Crippen LogP contribution is -2.33. The van der Waals surface area contributed by atoms with Crippen LogP contribution in [-0.4, -0.2) is 23.3 Å². The summed E-state index contributed by atoms with van der Waals surface area (Å²) in [5.74, 6) is 0.272. The maximum Gasteiger partial charge on any atom is 0.280 e. The fraction of sp³-hybridized carbons (Fsp3) is 0.125. The van der Waals surface area contributed by atoms with Crippen molar-refractivity contribution in [2.24, 2.45) is 5.10 Å². The Bertz CT molecular complexity index is 718. The molecule has 1 unspecified atom stereocenters. The summed E-state index contributed by atoms with van der Waals surface area (Å²) in [5.41, 5.74) is 2.87. The summed E-state index contributed by atoms with van der Waals surface area (Å²) in [6.07, 6.45) is 0.661. The summed E-state index contributed by atoms with van der Waals surface area (Å²) in [6, 6.07) is 12.1. The van der Waals surface area contributed by atoms with Crippen LogP contribution in [0.4, 0.5) is 0 Å². The van der Waals surface area contributed by atoms with Gasteiger partial charge >= 0.3 is 0 Å². The number of aromatic hydroxyl groups is 1. The minimum Gasteiger partial charge on any atom is -0.507 e. The Morgan fingerprint density at radius 2 is 1.87 bits per heavy atom. The van der Waals surface area contributed by atoms with Crippen LogP contribution in [0.2, 0.25) is 0 Å². The number of nitrogens with zero attached hydrogens (tertiary/aromatic N) is 1. The van der Waals surface area contributed by atoms with E-state index in [1.807, 2.05) is 12.1 Å². The molecule has 0 aliphatic heterocycles. The first kappa shape index (κ1) is 17.5. The van der Waals surface area contributed by atoms with Crippen LogP contribution in [0, 0.1) is 0 Å². The van der Waals surface area contributed by atoms with E-state index >= 15 is 0 Å². The molecule has 5 nitrogen and oxygen atoms in total. The Balaban J connectivity index is 1.92. The van der Waals surface area contributed by atoms with Crippen LogP contribution in [0.15, 0.2) is 56.5 Å². The second-order valence-corrected chi connectivity index (χ2v) is 6.48. The third-order valence-corrected chi connectivity index (χ3v) is 3.89. The highest BCUT2D eigenvalue weighted by molar-refractivity contribution is 9.10. The maximum absolute atomic E-state index is 11.9. The number of halogens is 2. The summed E-state index contributed by atoms with van der Waals surface area (Å²) in [4.78, 5) is 11.9. The molecular weight excluding hydrogens is 428 g/mol. The second kappa shape index (κ2) is 8.12. The lowest BCUT2D eigenvalue weighted by molar-refractivity contribution is -0.127. The SMILES string of the molecule is CC(Oc1ccc(Br)cc1)C(=O)N/N=C/c1cc(Br)ccc1O. The van der Waals surface area contributed by atoms with Gasteiger partial charge in [0.05, 0.1) is 6.21 Å². The number of hydrazone groups is 1. The first-order valence-electron chi connectivity index (χ1n) is 6.69. The van der Waals surface area contributed by atoms with Gasteiger partial charge in [0, 0.05) is 14.5 Å². The number of hydrogen-bond donors (Lipinski definition) is 2. The van der Waals surface area contributed by atoms with E-state index in [0.29, 0.717) is 11.3 Å². The molecule has 0 heterocycles. The van der Waals surface area contributed by atoms with Crippen LogP contribution >= 0.6 is 31.9 Å². The Kier molecular flexibility index (Phi) is 6.18. The van der Waals surface area contributed by atoms with Gasteiger partial charge in [-0.05, 0) is 49.4 Å². The molecule has 0 radical (unpaired) electrons. The van der Waals surface area contributed by atoms with Crippen molar-refractivity contribution in [3.63, 3.8) is 0 Å². The number of nitrogens with one attached hydrogen (secondary N) is 1. The summed E-state index contributed by atoms with van der Waals surface area (Å²) in [7, 11) is 0. The molecule has 0 spiro atoms.